The SMILES string of the molecule is CCn1c(=O)oc2ccc(C(=O)Nc3cccc(Cl)c3C)cc21. The van der Waals surface area contributed by atoms with E-state index < -0.39 is 5.76 Å². The molecule has 0 aliphatic carbocycles. The van der Waals surface area contributed by atoms with Crippen molar-refractivity contribution in [2.75, 3.05) is 5.32 Å². The molecule has 1 N–H and O–H groups in total. The van der Waals surface area contributed by atoms with Crippen molar-refractivity contribution < 1.29 is 9.21 Å². The molecule has 3 aromatic rings. The summed E-state index contributed by atoms with van der Waals surface area (Å²) < 4.78 is 6.62. The van der Waals surface area contributed by atoms with Crippen molar-refractivity contribution in [1.29, 1.82) is 0 Å². The van der Waals surface area contributed by atoms with Crippen LogP contribution in [0, 0.1) is 6.92 Å². The summed E-state index contributed by atoms with van der Waals surface area (Å²) in [7, 11) is 0. The first kappa shape index (κ1) is 15.4. The van der Waals surface area contributed by atoms with Crippen molar-refractivity contribution in [3.63, 3.8) is 0 Å². The normalized spacial score (nSPS) is 10.9. The molecule has 6 heteroatoms. The Balaban J connectivity index is 1.98. The molecule has 1 aromatic heterocycles. The van der Waals surface area contributed by atoms with Crippen LogP contribution < -0.4 is 11.1 Å². The van der Waals surface area contributed by atoms with Gasteiger partial charge in [0, 0.05) is 22.8 Å². The van der Waals surface area contributed by atoms with E-state index in [4.69, 9.17) is 16.0 Å². The second-order valence-corrected chi connectivity index (χ2v) is 5.57. The number of halogens is 1. The molecule has 0 saturated heterocycles. The van der Waals surface area contributed by atoms with Crippen LogP contribution in [0.15, 0.2) is 45.6 Å². The maximum atomic E-state index is 12.5. The van der Waals surface area contributed by atoms with Gasteiger partial charge in [-0.2, -0.15) is 0 Å². The smallest absolute Gasteiger partial charge is 0.408 e. The average Bonchev–Trinajstić information content (AvgIpc) is 2.85. The Morgan fingerprint density at radius 3 is 2.83 bits per heavy atom. The number of carbonyl (C=O) groups excluding carboxylic acids is 1. The van der Waals surface area contributed by atoms with Gasteiger partial charge in [0.2, 0.25) is 0 Å². The van der Waals surface area contributed by atoms with Crippen LogP contribution in [-0.2, 0) is 6.54 Å². The molecule has 0 aliphatic rings. The summed E-state index contributed by atoms with van der Waals surface area (Å²) in [6.07, 6.45) is 0. The number of nitrogens with one attached hydrogen (secondary N) is 1. The van der Waals surface area contributed by atoms with E-state index >= 15 is 0 Å². The Morgan fingerprint density at radius 1 is 1.30 bits per heavy atom. The van der Waals surface area contributed by atoms with Crippen molar-refractivity contribution >= 4 is 34.3 Å². The predicted octanol–water partition coefficient (Wildman–Crippen LogP) is 3.83. The number of hydrogen-bond donors (Lipinski definition) is 1. The van der Waals surface area contributed by atoms with Gasteiger partial charge in [-0.3, -0.25) is 9.36 Å². The van der Waals surface area contributed by atoms with Gasteiger partial charge in [0.25, 0.3) is 5.91 Å². The Labute approximate surface area is 137 Å². The van der Waals surface area contributed by atoms with Gasteiger partial charge in [0.15, 0.2) is 5.58 Å². The number of nitrogens with zero attached hydrogens (tertiary/aromatic N) is 1. The van der Waals surface area contributed by atoms with E-state index in [1.165, 1.54) is 4.57 Å². The van der Waals surface area contributed by atoms with Gasteiger partial charge in [-0.05, 0) is 49.7 Å². The molecule has 0 spiro atoms. The second-order valence-electron chi connectivity index (χ2n) is 5.16. The topological polar surface area (TPSA) is 64.2 Å². The zero-order valence-corrected chi connectivity index (χ0v) is 13.5. The number of oxazole rings is 1. The number of anilines is 1. The lowest BCUT2D eigenvalue weighted by atomic mass is 10.1. The van der Waals surface area contributed by atoms with Crippen molar-refractivity contribution in [3.8, 4) is 0 Å². The van der Waals surface area contributed by atoms with Crippen molar-refractivity contribution in [1.82, 2.24) is 4.57 Å². The zero-order chi connectivity index (χ0) is 16.6. The van der Waals surface area contributed by atoms with Gasteiger partial charge in [-0.1, -0.05) is 17.7 Å². The molecule has 0 atom stereocenters. The lowest BCUT2D eigenvalue weighted by Crippen LogP contribution is -2.14. The van der Waals surface area contributed by atoms with Crippen LogP contribution in [0.1, 0.15) is 22.8 Å². The Bertz CT molecular complexity index is 956. The van der Waals surface area contributed by atoms with Crippen LogP contribution in [0.3, 0.4) is 0 Å². The summed E-state index contributed by atoms with van der Waals surface area (Å²) in [5.74, 6) is -0.695. The maximum Gasteiger partial charge on any atom is 0.419 e. The Hall–Kier alpha value is -2.53. The minimum absolute atomic E-state index is 0.270. The van der Waals surface area contributed by atoms with E-state index in [0.717, 1.165) is 5.56 Å². The summed E-state index contributed by atoms with van der Waals surface area (Å²) in [4.78, 5) is 24.2. The van der Waals surface area contributed by atoms with E-state index in [1.54, 1.807) is 36.4 Å². The van der Waals surface area contributed by atoms with Gasteiger partial charge in [-0.15, -0.1) is 0 Å². The van der Waals surface area contributed by atoms with Gasteiger partial charge >= 0.3 is 5.76 Å². The van der Waals surface area contributed by atoms with Gasteiger partial charge in [0.05, 0.1) is 5.52 Å². The van der Waals surface area contributed by atoms with Crippen LogP contribution in [0.25, 0.3) is 11.1 Å². The molecule has 3 rings (SSSR count). The summed E-state index contributed by atoms with van der Waals surface area (Å²) in [6, 6.07) is 10.2. The number of aryl methyl sites for hydroxylation is 1. The number of amides is 1. The van der Waals surface area contributed by atoms with Crippen LogP contribution >= 0.6 is 11.6 Å². The first-order chi connectivity index (χ1) is 11.0. The fourth-order valence-electron chi connectivity index (χ4n) is 2.44. The maximum absolute atomic E-state index is 12.5. The largest absolute Gasteiger partial charge is 0.419 e. The number of fused-ring (bicyclic) bond motifs is 1. The molecule has 0 radical (unpaired) electrons. The van der Waals surface area contributed by atoms with Crippen LogP contribution in [0.4, 0.5) is 5.69 Å². The van der Waals surface area contributed by atoms with Gasteiger partial charge in [0.1, 0.15) is 0 Å². The van der Waals surface area contributed by atoms with Gasteiger partial charge < -0.3 is 9.73 Å². The summed E-state index contributed by atoms with van der Waals surface area (Å²) in [6.45, 7) is 4.16. The number of rotatable bonds is 3. The Morgan fingerprint density at radius 2 is 2.09 bits per heavy atom. The highest BCUT2D eigenvalue weighted by molar-refractivity contribution is 6.31. The van der Waals surface area contributed by atoms with E-state index in [2.05, 4.69) is 5.32 Å². The third kappa shape index (κ3) is 2.75. The lowest BCUT2D eigenvalue weighted by molar-refractivity contribution is 0.102. The molecule has 0 saturated carbocycles. The van der Waals surface area contributed by atoms with Crippen molar-refractivity contribution in [2.45, 2.75) is 20.4 Å². The molecule has 2 aromatic carbocycles. The number of benzene rings is 2. The molecule has 1 amide bonds. The second kappa shape index (κ2) is 5.93. The molecule has 0 unspecified atom stereocenters. The van der Waals surface area contributed by atoms with E-state index in [9.17, 15) is 9.59 Å². The lowest BCUT2D eigenvalue weighted by Gasteiger charge is -2.09. The molecular weight excluding hydrogens is 316 g/mol. The average molecular weight is 331 g/mol. The van der Waals surface area contributed by atoms with Crippen LogP contribution in [0.5, 0.6) is 0 Å². The highest BCUT2D eigenvalue weighted by Gasteiger charge is 2.13. The van der Waals surface area contributed by atoms with Gasteiger partial charge in [-0.25, -0.2) is 4.79 Å². The molecule has 5 nitrogen and oxygen atoms in total. The van der Waals surface area contributed by atoms with E-state index in [1.807, 2.05) is 13.8 Å². The number of carbonyl (C=O) groups is 1. The third-order valence-electron chi connectivity index (χ3n) is 3.76. The standard InChI is InChI=1S/C17H15ClN2O3/c1-3-20-14-9-11(7-8-15(14)23-17(20)22)16(21)19-13-6-4-5-12(18)10(13)2/h4-9H,3H2,1-2H3,(H,19,21). The third-order valence-corrected chi connectivity index (χ3v) is 4.17. The minimum Gasteiger partial charge on any atom is -0.408 e. The molecule has 0 aliphatic heterocycles. The predicted molar refractivity (Wildman–Crippen MR) is 90.3 cm³/mol. The van der Waals surface area contributed by atoms with E-state index in [-0.39, 0.29) is 5.91 Å². The molecular formula is C17H15ClN2O3. The summed E-state index contributed by atoms with van der Waals surface area (Å²) in [5, 5.41) is 3.43. The first-order valence-electron chi connectivity index (χ1n) is 7.21. The molecule has 0 bridgehead atoms. The van der Waals surface area contributed by atoms with Crippen LogP contribution in [0.2, 0.25) is 5.02 Å². The fourth-order valence-corrected chi connectivity index (χ4v) is 2.61. The number of aromatic nitrogens is 1. The number of hydrogen-bond acceptors (Lipinski definition) is 3. The van der Waals surface area contributed by atoms with Crippen molar-refractivity contribution in [2.24, 2.45) is 0 Å². The van der Waals surface area contributed by atoms with Crippen molar-refractivity contribution in [3.05, 3.63) is 63.1 Å². The molecule has 1 heterocycles. The van der Waals surface area contributed by atoms with Crippen LogP contribution in [-0.4, -0.2) is 10.5 Å². The Kier molecular flexibility index (Phi) is 3.96. The summed E-state index contributed by atoms with van der Waals surface area (Å²) in [5.41, 5.74) is 2.97. The monoisotopic (exact) mass is 330 g/mol. The molecule has 118 valence electrons. The fraction of sp³-hybridized carbons (Fsp3) is 0.176. The highest BCUT2D eigenvalue weighted by Crippen LogP contribution is 2.24. The highest BCUT2D eigenvalue weighted by atomic mass is 35.5. The quantitative estimate of drug-likeness (QED) is 0.793. The molecule has 0 fully saturated rings. The zero-order valence-electron chi connectivity index (χ0n) is 12.7. The molecule has 23 heavy (non-hydrogen) atoms. The minimum atomic E-state index is -0.425. The first-order valence-corrected chi connectivity index (χ1v) is 7.59. The summed E-state index contributed by atoms with van der Waals surface area (Å²) >= 11 is 6.06. The van der Waals surface area contributed by atoms with E-state index in [0.29, 0.717) is 33.9 Å².